The van der Waals surface area contributed by atoms with Crippen LogP contribution in [0.25, 0.3) is 0 Å². The summed E-state index contributed by atoms with van der Waals surface area (Å²) in [5.41, 5.74) is 1.04. The summed E-state index contributed by atoms with van der Waals surface area (Å²) in [6.45, 7) is 4.07. The van der Waals surface area contributed by atoms with Crippen molar-refractivity contribution in [1.29, 1.82) is 0 Å². The molecule has 1 N–H and O–H groups in total. The van der Waals surface area contributed by atoms with E-state index in [1.807, 2.05) is 25.1 Å². The maximum absolute atomic E-state index is 5.52. The molecule has 0 bridgehead atoms. The van der Waals surface area contributed by atoms with Gasteiger partial charge in [-0.3, -0.25) is 0 Å². The number of ether oxygens (including phenoxy) is 2. The van der Waals surface area contributed by atoms with E-state index in [1.54, 1.807) is 0 Å². The largest absolute Gasteiger partial charge is 0.486 e. The molecule has 1 aromatic carbocycles. The lowest BCUT2D eigenvalue weighted by Gasteiger charge is -2.20. The molecule has 3 nitrogen and oxygen atoms in total. The third-order valence-corrected chi connectivity index (χ3v) is 2.47. The fraction of sp³-hybridized carbons (Fsp3) is 0.385. The first-order valence-corrected chi connectivity index (χ1v) is 5.44. The van der Waals surface area contributed by atoms with Crippen LogP contribution in [-0.4, -0.2) is 19.8 Å². The first-order valence-electron chi connectivity index (χ1n) is 5.44. The highest BCUT2D eigenvalue weighted by atomic mass is 16.6. The number of terminal acetylenes is 1. The Morgan fingerprint density at radius 1 is 1.38 bits per heavy atom. The molecule has 1 aliphatic heterocycles. The Bertz CT molecular complexity index is 409. The van der Waals surface area contributed by atoms with Gasteiger partial charge in [-0.25, -0.2) is 0 Å². The molecule has 0 saturated carbocycles. The van der Waals surface area contributed by atoms with Gasteiger partial charge in [-0.2, -0.15) is 0 Å². The fourth-order valence-electron chi connectivity index (χ4n) is 1.72. The van der Waals surface area contributed by atoms with Crippen LogP contribution in [-0.2, 0) is 0 Å². The van der Waals surface area contributed by atoms with Crippen LogP contribution in [0.2, 0.25) is 0 Å². The number of rotatable bonds is 3. The average Bonchev–Trinajstić information content (AvgIpc) is 2.35. The zero-order valence-corrected chi connectivity index (χ0v) is 9.32. The molecule has 1 aliphatic rings. The molecule has 0 aliphatic carbocycles. The van der Waals surface area contributed by atoms with Gasteiger partial charge in [0.25, 0.3) is 0 Å². The predicted octanol–water partition coefficient (Wildman–Crippen LogP) is 1.74. The van der Waals surface area contributed by atoms with Crippen molar-refractivity contribution in [3.05, 3.63) is 23.8 Å². The second-order valence-electron chi connectivity index (χ2n) is 3.56. The number of nitrogens with one attached hydrogen (secondary N) is 1. The second kappa shape index (κ2) is 4.91. The smallest absolute Gasteiger partial charge is 0.161 e. The minimum atomic E-state index is -0.0687. The molecule has 0 aromatic heterocycles. The van der Waals surface area contributed by atoms with E-state index in [9.17, 15) is 0 Å². The molecule has 0 saturated heterocycles. The lowest BCUT2D eigenvalue weighted by Crippen LogP contribution is -2.20. The van der Waals surface area contributed by atoms with Gasteiger partial charge >= 0.3 is 0 Å². The molecule has 16 heavy (non-hydrogen) atoms. The van der Waals surface area contributed by atoms with E-state index in [0.29, 0.717) is 13.2 Å². The Labute approximate surface area is 95.8 Å². The molecule has 0 radical (unpaired) electrons. The van der Waals surface area contributed by atoms with Gasteiger partial charge in [0, 0.05) is 0 Å². The van der Waals surface area contributed by atoms with Gasteiger partial charge in [0.2, 0.25) is 0 Å². The van der Waals surface area contributed by atoms with Gasteiger partial charge in [-0.05, 0) is 24.2 Å². The van der Waals surface area contributed by atoms with Crippen LogP contribution in [0.4, 0.5) is 0 Å². The Morgan fingerprint density at radius 3 is 2.81 bits per heavy atom. The van der Waals surface area contributed by atoms with Gasteiger partial charge in [-0.15, -0.1) is 6.42 Å². The standard InChI is InChI=1S/C13H15NO2/c1-3-11(14-4-2)10-5-6-12-13(9-10)16-8-7-15-12/h1,5-6,9,11,14H,4,7-8H2,2H3. The van der Waals surface area contributed by atoms with Crippen molar-refractivity contribution < 1.29 is 9.47 Å². The molecule has 1 heterocycles. The summed E-state index contributed by atoms with van der Waals surface area (Å²) >= 11 is 0. The lowest BCUT2D eigenvalue weighted by atomic mass is 10.1. The van der Waals surface area contributed by atoms with E-state index in [4.69, 9.17) is 15.9 Å². The summed E-state index contributed by atoms with van der Waals surface area (Å²) < 4.78 is 11.0. The average molecular weight is 217 g/mol. The van der Waals surface area contributed by atoms with Crippen molar-refractivity contribution in [3.8, 4) is 23.8 Å². The van der Waals surface area contributed by atoms with E-state index in [0.717, 1.165) is 23.6 Å². The van der Waals surface area contributed by atoms with E-state index >= 15 is 0 Å². The highest BCUT2D eigenvalue weighted by Gasteiger charge is 2.14. The van der Waals surface area contributed by atoms with Crippen molar-refractivity contribution >= 4 is 0 Å². The van der Waals surface area contributed by atoms with E-state index < -0.39 is 0 Å². The van der Waals surface area contributed by atoms with Crippen LogP contribution in [0, 0.1) is 12.3 Å². The van der Waals surface area contributed by atoms with E-state index in [-0.39, 0.29) is 6.04 Å². The number of benzene rings is 1. The summed E-state index contributed by atoms with van der Waals surface area (Å²) in [5.74, 6) is 4.29. The van der Waals surface area contributed by atoms with Crippen LogP contribution in [0.5, 0.6) is 11.5 Å². The molecule has 0 spiro atoms. The molecule has 84 valence electrons. The van der Waals surface area contributed by atoms with Crippen molar-refractivity contribution in [2.75, 3.05) is 19.8 Å². The first-order chi connectivity index (χ1) is 7.85. The molecule has 1 unspecified atom stereocenters. The zero-order valence-electron chi connectivity index (χ0n) is 9.32. The van der Waals surface area contributed by atoms with Crippen LogP contribution >= 0.6 is 0 Å². The summed E-state index contributed by atoms with van der Waals surface area (Å²) in [6.07, 6.45) is 5.48. The summed E-state index contributed by atoms with van der Waals surface area (Å²) in [5, 5.41) is 3.22. The lowest BCUT2D eigenvalue weighted by molar-refractivity contribution is 0.171. The molecule has 1 aromatic rings. The summed E-state index contributed by atoms with van der Waals surface area (Å²) in [7, 11) is 0. The van der Waals surface area contributed by atoms with Crippen molar-refractivity contribution in [2.45, 2.75) is 13.0 Å². The molecule has 1 atom stereocenters. The van der Waals surface area contributed by atoms with Gasteiger partial charge in [0.05, 0.1) is 6.04 Å². The van der Waals surface area contributed by atoms with Gasteiger partial charge < -0.3 is 14.8 Å². The molecule has 3 heteroatoms. The molecule has 0 amide bonds. The molecular weight excluding hydrogens is 202 g/mol. The number of hydrogen-bond donors (Lipinski definition) is 1. The fourth-order valence-corrected chi connectivity index (χ4v) is 1.72. The zero-order chi connectivity index (χ0) is 11.4. The first kappa shape index (κ1) is 10.8. The second-order valence-corrected chi connectivity index (χ2v) is 3.56. The van der Waals surface area contributed by atoms with Crippen LogP contribution in [0.3, 0.4) is 0 Å². The Kier molecular flexibility index (Phi) is 3.33. The number of fused-ring (bicyclic) bond motifs is 1. The van der Waals surface area contributed by atoms with E-state index in [2.05, 4.69) is 11.2 Å². The van der Waals surface area contributed by atoms with Crippen molar-refractivity contribution in [1.82, 2.24) is 5.32 Å². The predicted molar refractivity (Wildman–Crippen MR) is 62.7 cm³/mol. The quantitative estimate of drug-likeness (QED) is 0.782. The highest BCUT2D eigenvalue weighted by Crippen LogP contribution is 2.32. The van der Waals surface area contributed by atoms with Crippen LogP contribution in [0.15, 0.2) is 18.2 Å². The Balaban J connectivity index is 2.25. The third-order valence-electron chi connectivity index (χ3n) is 2.47. The van der Waals surface area contributed by atoms with E-state index in [1.165, 1.54) is 0 Å². The van der Waals surface area contributed by atoms with Crippen molar-refractivity contribution in [2.24, 2.45) is 0 Å². The maximum atomic E-state index is 5.52. The van der Waals surface area contributed by atoms with Gasteiger partial charge in [-0.1, -0.05) is 18.9 Å². The van der Waals surface area contributed by atoms with Gasteiger partial charge in [0.1, 0.15) is 13.2 Å². The molecular formula is C13H15NO2. The normalized spacial score (nSPS) is 15.2. The summed E-state index contributed by atoms with van der Waals surface area (Å²) in [6, 6.07) is 5.76. The Morgan fingerprint density at radius 2 is 2.12 bits per heavy atom. The third kappa shape index (κ3) is 2.12. The van der Waals surface area contributed by atoms with Crippen LogP contribution in [0.1, 0.15) is 18.5 Å². The van der Waals surface area contributed by atoms with Crippen molar-refractivity contribution in [3.63, 3.8) is 0 Å². The monoisotopic (exact) mass is 217 g/mol. The molecule has 0 fully saturated rings. The molecule has 2 rings (SSSR count). The minimum Gasteiger partial charge on any atom is -0.486 e. The maximum Gasteiger partial charge on any atom is 0.161 e. The van der Waals surface area contributed by atoms with Crippen LogP contribution < -0.4 is 14.8 Å². The number of hydrogen-bond acceptors (Lipinski definition) is 3. The minimum absolute atomic E-state index is 0.0687. The highest BCUT2D eigenvalue weighted by molar-refractivity contribution is 5.45. The topological polar surface area (TPSA) is 30.5 Å². The van der Waals surface area contributed by atoms with Gasteiger partial charge in [0.15, 0.2) is 11.5 Å². The summed E-state index contributed by atoms with van der Waals surface area (Å²) in [4.78, 5) is 0. The Hall–Kier alpha value is -1.66. The SMILES string of the molecule is C#CC(NCC)c1ccc2c(c1)OCCO2.